The normalized spacial score (nSPS) is 9.80. The summed E-state index contributed by atoms with van der Waals surface area (Å²) in [5, 5.41) is 11.6. The lowest BCUT2D eigenvalue weighted by molar-refractivity contribution is 0.0954. The van der Waals surface area contributed by atoms with Crippen molar-refractivity contribution in [3.8, 4) is 6.07 Å². The van der Waals surface area contributed by atoms with Crippen LogP contribution in [-0.2, 0) is 6.42 Å². The van der Waals surface area contributed by atoms with Gasteiger partial charge in [-0.1, -0.05) is 24.3 Å². The van der Waals surface area contributed by atoms with E-state index in [1.54, 1.807) is 6.07 Å². The molecule has 1 aromatic carbocycles. The lowest BCUT2D eigenvalue weighted by atomic mass is 10.1. The number of rotatable bonds is 4. The van der Waals surface area contributed by atoms with E-state index in [9.17, 15) is 4.79 Å². The van der Waals surface area contributed by atoms with E-state index in [2.05, 4.69) is 29.4 Å². The van der Waals surface area contributed by atoms with Crippen molar-refractivity contribution in [2.24, 2.45) is 0 Å². The molecule has 100 valence electrons. The summed E-state index contributed by atoms with van der Waals surface area (Å²) < 4.78 is 0. The van der Waals surface area contributed by atoms with Gasteiger partial charge in [0.25, 0.3) is 5.91 Å². The molecule has 0 radical (unpaired) electrons. The van der Waals surface area contributed by atoms with Gasteiger partial charge in [-0.3, -0.25) is 4.79 Å². The molecule has 2 rings (SSSR count). The standard InChI is InChI=1S/C16H15N3O/c1-12-4-2-3-5-13(12)6-9-19-16(20)14-7-8-18-15(10-14)11-17/h2-5,7-8,10H,6,9H2,1H3,(H,19,20). The van der Waals surface area contributed by atoms with Crippen LogP contribution in [0.1, 0.15) is 27.2 Å². The number of nitriles is 1. The Hall–Kier alpha value is -2.67. The largest absolute Gasteiger partial charge is 0.352 e. The van der Waals surface area contributed by atoms with Gasteiger partial charge in [-0.15, -0.1) is 0 Å². The Balaban J connectivity index is 1.93. The molecule has 0 fully saturated rings. The molecule has 1 N–H and O–H groups in total. The fourth-order valence-electron chi connectivity index (χ4n) is 1.94. The summed E-state index contributed by atoms with van der Waals surface area (Å²) in [6.07, 6.45) is 2.25. The van der Waals surface area contributed by atoms with Gasteiger partial charge in [0.1, 0.15) is 11.8 Å². The van der Waals surface area contributed by atoms with Gasteiger partial charge in [-0.05, 0) is 36.6 Å². The molecule has 0 saturated carbocycles. The van der Waals surface area contributed by atoms with E-state index in [1.807, 2.05) is 18.2 Å². The van der Waals surface area contributed by atoms with E-state index >= 15 is 0 Å². The molecule has 2 aromatic rings. The maximum absolute atomic E-state index is 11.9. The van der Waals surface area contributed by atoms with Crippen LogP contribution < -0.4 is 5.32 Å². The summed E-state index contributed by atoms with van der Waals surface area (Å²) in [6.45, 7) is 2.62. The van der Waals surface area contributed by atoms with Crippen molar-refractivity contribution < 1.29 is 4.79 Å². The quantitative estimate of drug-likeness (QED) is 0.922. The molecule has 1 heterocycles. The molecule has 4 heteroatoms. The van der Waals surface area contributed by atoms with Crippen molar-refractivity contribution in [3.63, 3.8) is 0 Å². The van der Waals surface area contributed by atoms with Gasteiger partial charge < -0.3 is 5.32 Å². The van der Waals surface area contributed by atoms with Gasteiger partial charge in [0.15, 0.2) is 0 Å². The van der Waals surface area contributed by atoms with Crippen molar-refractivity contribution in [2.45, 2.75) is 13.3 Å². The van der Waals surface area contributed by atoms with Crippen molar-refractivity contribution >= 4 is 5.91 Å². The van der Waals surface area contributed by atoms with E-state index in [4.69, 9.17) is 5.26 Å². The third-order valence-electron chi connectivity index (χ3n) is 3.08. The molecule has 20 heavy (non-hydrogen) atoms. The maximum Gasteiger partial charge on any atom is 0.251 e. The molecular weight excluding hydrogens is 250 g/mol. The van der Waals surface area contributed by atoms with Gasteiger partial charge in [-0.2, -0.15) is 5.26 Å². The van der Waals surface area contributed by atoms with Crippen molar-refractivity contribution in [1.29, 1.82) is 5.26 Å². The number of carbonyl (C=O) groups excluding carboxylic acids is 1. The highest BCUT2D eigenvalue weighted by Crippen LogP contribution is 2.07. The first-order chi connectivity index (χ1) is 9.70. The zero-order valence-electron chi connectivity index (χ0n) is 11.3. The molecule has 0 bridgehead atoms. The lowest BCUT2D eigenvalue weighted by Gasteiger charge is -2.07. The van der Waals surface area contributed by atoms with Crippen molar-refractivity contribution in [3.05, 3.63) is 65.0 Å². The van der Waals surface area contributed by atoms with Crippen LogP contribution in [0.5, 0.6) is 0 Å². The number of nitrogens with zero attached hydrogens (tertiary/aromatic N) is 2. The highest BCUT2D eigenvalue weighted by molar-refractivity contribution is 5.94. The molecular formula is C16H15N3O. The minimum Gasteiger partial charge on any atom is -0.352 e. The van der Waals surface area contributed by atoms with E-state index in [1.165, 1.54) is 23.4 Å². The fraction of sp³-hybridized carbons (Fsp3) is 0.188. The van der Waals surface area contributed by atoms with Crippen molar-refractivity contribution in [1.82, 2.24) is 10.3 Å². The van der Waals surface area contributed by atoms with Crippen LogP contribution in [-0.4, -0.2) is 17.4 Å². The summed E-state index contributed by atoms with van der Waals surface area (Å²) in [7, 11) is 0. The number of nitrogens with one attached hydrogen (secondary N) is 1. The molecule has 0 aliphatic heterocycles. The van der Waals surface area contributed by atoms with Gasteiger partial charge in [0.05, 0.1) is 0 Å². The summed E-state index contributed by atoms with van der Waals surface area (Å²) in [5.41, 5.74) is 3.15. The van der Waals surface area contributed by atoms with Crippen LogP contribution >= 0.6 is 0 Å². The summed E-state index contributed by atoms with van der Waals surface area (Å²) in [6, 6.07) is 13.1. The Morgan fingerprint density at radius 3 is 2.90 bits per heavy atom. The van der Waals surface area contributed by atoms with Crippen LogP contribution in [0.25, 0.3) is 0 Å². The summed E-state index contributed by atoms with van der Waals surface area (Å²) >= 11 is 0. The average molecular weight is 265 g/mol. The van der Waals surface area contributed by atoms with Crippen molar-refractivity contribution in [2.75, 3.05) is 6.54 Å². The first-order valence-electron chi connectivity index (χ1n) is 6.39. The number of aryl methyl sites for hydroxylation is 1. The molecule has 0 atom stereocenters. The van der Waals surface area contributed by atoms with Crippen LogP contribution in [0.15, 0.2) is 42.6 Å². The number of hydrogen-bond acceptors (Lipinski definition) is 3. The smallest absolute Gasteiger partial charge is 0.251 e. The zero-order valence-corrected chi connectivity index (χ0v) is 11.3. The Bertz CT molecular complexity index is 659. The molecule has 1 aromatic heterocycles. The number of pyridine rings is 1. The maximum atomic E-state index is 11.9. The number of hydrogen-bond donors (Lipinski definition) is 1. The van der Waals surface area contributed by atoms with E-state index < -0.39 is 0 Å². The Kier molecular flexibility index (Phi) is 4.46. The number of aromatic nitrogens is 1. The molecule has 0 saturated heterocycles. The van der Waals surface area contributed by atoms with Gasteiger partial charge >= 0.3 is 0 Å². The van der Waals surface area contributed by atoms with Crippen LogP contribution in [0.4, 0.5) is 0 Å². The minimum atomic E-state index is -0.183. The summed E-state index contributed by atoms with van der Waals surface area (Å²) in [4.78, 5) is 15.8. The zero-order chi connectivity index (χ0) is 14.4. The fourth-order valence-corrected chi connectivity index (χ4v) is 1.94. The second-order valence-corrected chi connectivity index (χ2v) is 4.47. The van der Waals surface area contributed by atoms with E-state index in [0.717, 1.165) is 6.42 Å². The highest BCUT2D eigenvalue weighted by atomic mass is 16.1. The highest BCUT2D eigenvalue weighted by Gasteiger charge is 2.06. The van der Waals surface area contributed by atoms with Crippen LogP contribution in [0.2, 0.25) is 0 Å². The predicted molar refractivity (Wildman–Crippen MR) is 76.2 cm³/mol. The monoisotopic (exact) mass is 265 g/mol. The second kappa shape index (κ2) is 6.48. The molecule has 0 aliphatic carbocycles. The van der Waals surface area contributed by atoms with Gasteiger partial charge in [0.2, 0.25) is 0 Å². The van der Waals surface area contributed by atoms with Gasteiger partial charge in [0, 0.05) is 18.3 Å². The molecule has 0 spiro atoms. The topological polar surface area (TPSA) is 65.8 Å². The SMILES string of the molecule is Cc1ccccc1CCNC(=O)c1ccnc(C#N)c1. The number of carbonyl (C=O) groups is 1. The first-order valence-corrected chi connectivity index (χ1v) is 6.39. The molecule has 1 amide bonds. The Labute approximate surface area is 118 Å². The Morgan fingerprint density at radius 2 is 2.15 bits per heavy atom. The van der Waals surface area contributed by atoms with Crippen LogP contribution in [0.3, 0.4) is 0 Å². The Morgan fingerprint density at radius 1 is 1.35 bits per heavy atom. The first kappa shape index (κ1) is 13.8. The number of amides is 1. The molecule has 4 nitrogen and oxygen atoms in total. The van der Waals surface area contributed by atoms with Gasteiger partial charge in [-0.25, -0.2) is 4.98 Å². The minimum absolute atomic E-state index is 0.183. The van der Waals surface area contributed by atoms with E-state index in [0.29, 0.717) is 12.1 Å². The third-order valence-corrected chi connectivity index (χ3v) is 3.08. The molecule has 0 unspecified atom stereocenters. The lowest BCUT2D eigenvalue weighted by Crippen LogP contribution is -2.26. The predicted octanol–water partition coefficient (Wildman–Crippen LogP) is 2.23. The van der Waals surface area contributed by atoms with Crippen LogP contribution in [0, 0.1) is 18.3 Å². The molecule has 0 aliphatic rings. The summed E-state index contributed by atoms with van der Waals surface area (Å²) in [5.74, 6) is -0.183. The van der Waals surface area contributed by atoms with E-state index in [-0.39, 0.29) is 11.6 Å². The second-order valence-electron chi connectivity index (χ2n) is 4.47. The average Bonchev–Trinajstić information content (AvgIpc) is 2.49. The number of benzene rings is 1. The third kappa shape index (κ3) is 3.42.